The first-order chi connectivity index (χ1) is 16.1. The zero-order chi connectivity index (χ0) is 22.8. The summed E-state index contributed by atoms with van der Waals surface area (Å²) in [5, 5.41) is 6.86. The quantitative estimate of drug-likeness (QED) is 0.359. The fourth-order valence-electron chi connectivity index (χ4n) is 4.13. The molecule has 0 spiro atoms. The van der Waals surface area contributed by atoms with Crippen molar-refractivity contribution < 1.29 is 13.9 Å². The van der Waals surface area contributed by atoms with Gasteiger partial charge in [0.05, 0.1) is 19.4 Å². The Hall–Kier alpha value is -3.51. The molecule has 0 unspecified atom stereocenters. The van der Waals surface area contributed by atoms with Crippen molar-refractivity contribution in [3.05, 3.63) is 72.5 Å². The highest BCUT2D eigenvalue weighted by Crippen LogP contribution is 2.39. The number of carbonyl (C=O) groups is 1. The number of aliphatic imine (C=N–C) groups is 1. The van der Waals surface area contributed by atoms with Gasteiger partial charge in [-0.1, -0.05) is 54.2 Å². The molecule has 1 aliphatic rings. The number of nitrogens with one attached hydrogen (secondary N) is 1. The van der Waals surface area contributed by atoms with Crippen molar-refractivity contribution in [3.63, 3.8) is 0 Å². The molecule has 5 rings (SSSR count). The Kier molecular flexibility index (Phi) is 5.92. The van der Waals surface area contributed by atoms with E-state index in [9.17, 15) is 4.79 Å². The second kappa shape index (κ2) is 9.16. The zero-order valence-electron chi connectivity index (χ0n) is 18.6. The predicted molar refractivity (Wildman–Crippen MR) is 137 cm³/mol. The predicted octanol–water partition coefficient (Wildman–Crippen LogP) is 6.27. The van der Waals surface area contributed by atoms with Crippen LogP contribution in [0.4, 0.5) is 0 Å². The van der Waals surface area contributed by atoms with Gasteiger partial charge in [-0.3, -0.25) is 9.79 Å². The van der Waals surface area contributed by atoms with E-state index in [1.807, 2.05) is 32.0 Å². The van der Waals surface area contributed by atoms with Crippen LogP contribution in [0.1, 0.15) is 19.4 Å². The second-order valence-corrected chi connectivity index (χ2v) is 8.89. The number of benzene rings is 3. The number of furan rings is 1. The maximum Gasteiger partial charge on any atom is 0.250 e. The van der Waals surface area contributed by atoms with E-state index >= 15 is 0 Å². The molecule has 1 aliphatic heterocycles. The molecule has 4 aromatic rings. The fourth-order valence-corrected chi connectivity index (χ4v) is 4.86. The summed E-state index contributed by atoms with van der Waals surface area (Å²) in [7, 11) is 0. The lowest BCUT2D eigenvalue weighted by molar-refractivity contribution is -0.115. The van der Waals surface area contributed by atoms with Crippen LogP contribution in [-0.2, 0) is 4.79 Å². The van der Waals surface area contributed by atoms with Crippen LogP contribution in [0.15, 0.2) is 76.3 Å². The number of fused-ring (bicyclic) bond motifs is 2. The number of ether oxygens (including phenoxy) is 1. The van der Waals surface area contributed by atoms with E-state index in [0.717, 1.165) is 45.5 Å². The van der Waals surface area contributed by atoms with Crippen molar-refractivity contribution in [1.29, 1.82) is 0 Å². The largest absolute Gasteiger partial charge is 0.493 e. The standard InChI is InChI=1S/C27H24N2O3S/c1-3-31-24-15-25-22(14-21(24)17(2)13-26(30)29-27-28-11-12-33-27)23(16-32-25)20-10-6-8-18-7-4-5-9-19(18)20/h4-10,13-16H,3,11-12H2,1-2H3,(H,28,29,30)/b17-13+. The molecule has 1 N–H and O–H groups in total. The van der Waals surface area contributed by atoms with E-state index in [1.165, 1.54) is 10.8 Å². The Morgan fingerprint density at radius 2 is 2.00 bits per heavy atom. The highest BCUT2D eigenvalue weighted by atomic mass is 32.2. The molecule has 1 aromatic heterocycles. The first kappa shape index (κ1) is 21.3. The normalized spacial score (nSPS) is 14.0. The summed E-state index contributed by atoms with van der Waals surface area (Å²) in [4.78, 5) is 16.8. The average Bonchev–Trinajstić information content (AvgIpc) is 3.48. The molecule has 2 heterocycles. The van der Waals surface area contributed by atoms with Crippen LogP contribution < -0.4 is 10.1 Å². The fraction of sp³-hybridized carbons (Fsp3) is 0.185. The Labute approximate surface area is 196 Å². The smallest absolute Gasteiger partial charge is 0.250 e. The first-order valence-corrected chi connectivity index (χ1v) is 12.0. The number of carbonyl (C=O) groups excluding carboxylic acids is 1. The van der Waals surface area contributed by atoms with E-state index in [2.05, 4.69) is 46.7 Å². The topological polar surface area (TPSA) is 63.8 Å². The third-order valence-electron chi connectivity index (χ3n) is 5.64. The molecule has 3 aromatic carbocycles. The molecule has 1 amide bonds. The lowest BCUT2D eigenvalue weighted by Crippen LogP contribution is -2.25. The Bertz CT molecular complexity index is 1410. The number of amides is 1. The summed E-state index contributed by atoms with van der Waals surface area (Å²) < 4.78 is 11.9. The lowest BCUT2D eigenvalue weighted by atomic mass is 9.96. The molecule has 0 saturated heterocycles. The summed E-state index contributed by atoms with van der Waals surface area (Å²) in [6.07, 6.45) is 3.40. The van der Waals surface area contributed by atoms with Crippen molar-refractivity contribution in [2.24, 2.45) is 4.99 Å². The third-order valence-corrected chi connectivity index (χ3v) is 6.53. The SMILES string of the molecule is CCOc1cc2occ(-c3cccc4ccccc34)c2cc1/C(C)=C/C(=O)NC1=NCCS1. The highest BCUT2D eigenvalue weighted by molar-refractivity contribution is 8.14. The maximum absolute atomic E-state index is 12.6. The molecular weight excluding hydrogens is 432 g/mol. The molecule has 0 atom stereocenters. The average molecular weight is 457 g/mol. The molecule has 33 heavy (non-hydrogen) atoms. The Morgan fingerprint density at radius 3 is 2.82 bits per heavy atom. The van der Waals surface area contributed by atoms with Crippen LogP contribution >= 0.6 is 11.8 Å². The van der Waals surface area contributed by atoms with Crippen LogP contribution in [0.2, 0.25) is 0 Å². The van der Waals surface area contributed by atoms with E-state index in [1.54, 1.807) is 24.1 Å². The molecule has 5 nitrogen and oxygen atoms in total. The summed E-state index contributed by atoms with van der Waals surface area (Å²) in [5.41, 5.74) is 4.55. The molecule has 0 fully saturated rings. The first-order valence-electron chi connectivity index (χ1n) is 11.0. The van der Waals surface area contributed by atoms with Gasteiger partial charge in [0, 0.05) is 34.4 Å². The maximum atomic E-state index is 12.6. The van der Waals surface area contributed by atoms with Crippen LogP contribution in [0.3, 0.4) is 0 Å². The van der Waals surface area contributed by atoms with E-state index in [4.69, 9.17) is 9.15 Å². The summed E-state index contributed by atoms with van der Waals surface area (Å²) >= 11 is 1.56. The lowest BCUT2D eigenvalue weighted by Gasteiger charge is -2.12. The van der Waals surface area contributed by atoms with Crippen molar-refractivity contribution in [2.45, 2.75) is 13.8 Å². The molecular formula is C27H24N2O3S. The number of amidine groups is 1. The van der Waals surface area contributed by atoms with Crippen molar-refractivity contribution >= 4 is 50.2 Å². The molecule has 0 bridgehead atoms. The van der Waals surface area contributed by atoms with Crippen LogP contribution in [-0.4, -0.2) is 30.0 Å². The van der Waals surface area contributed by atoms with Gasteiger partial charge in [0.25, 0.3) is 0 Å². The highest BCUT2D eigenvalue weighted by Gasteiger charge is 2.17. The minimum absolute atomic E-state index is 0.190. The van der Waals surface area contributed by atoms with Gasteiger partial charge < -0.3 is 14.5 Å². The van der Waals surface area contributed by atoms with Crippen molar-refractivity contribution in [3.8, 4) is 16.9 Å². The van der Waals surface area contributed by atoms with E-state index in [-0.39, 0.29) is 5.91 Å². The monoisotopic (exact) mass is 456 g/mol. The molecule has 6 heteroatoms. The van der Waals surface area contributed by atoms with Crippen molar-refractivity contribution in [1.82, 2.24) is 5.32 Å². The number of hydrogen-bond acceptors (Lipinski definition) is 5. The summed E-state index contributed by atoms with van der Waals surface area (Å²) in [6.45, 7) is 5.12. The van der Waals surface area contributed by atoms with Gasteiger partial charge in [-0.05, 0) is 41.8 Å². The number of nitrogens with zero attached hydrogens (tertiary/aromatic N) is 1. The van der Waals surface area contributed by atoms with Crippen LogP contribution in [0.25, 0.3) is 38.4 Å². The molecule has 0 aliphatic carbocycles. The summed E-state index contributed by atoms with van der Waals surface area (Å²) in [6, 6.07) is 18.6. The van der Waals surface area contributed by atoms with Gasteiger partial charge in [-0.25, -0.2) is 0 Å². The molecule has 0 radical (unpaired) electrons. The van der Waals surface area contributed by atoms with Gasteiger partial charge in [0.15, 0.2) is 5.17 Å². The van der Waals surface area contributed by atoms with E-state index in [0.29, 0.717) is 17.5 Å². The zero-order valence-corrected chi connectivity index (χ0v) is 19.4. The van der Waals surface area contributed by atoms with Crippen molar-refractivity contribution in [2.75, 3.05) is 18.9 Å². The van der Waals surface area contributed by atoms with E-state index < -0.39 is 0 Å². The van der Waals surface area contributed by atoms with Crippen LogP contribution in [0.5, 0.6) is 5.75 Å². The Morgan fingerprint density at radius 1 is 1.15 bits per heavy atom. The van der Waals surface area contributed by atoms with Gasteiger partial charge >= 0.3 is 0 Å². The van der Waals surface area contributed by atoms with Gasteiger partial charge in [0.1, 0.15) is 11.3 Å². The summed E-state index contributed by atoms with van der Waals surface area (Å²) in [5.74, 6) is 1.41. The minimum Gasteiger partial charge on any atom is -0.493 e. The number of rotatable bonds is 5. The molecule has 0 saturated carbocycles. The van der Waals surface area contributed by atoms with Gasteiger partial charge in [-0.15, -0.1) is 0 Å². The number of allylic oxidation sites excluding steroid dienone is 1. The Balaban J connectivity index is 1.60. The second-order valence-electron chi connectivity index (χ2n) is 7.81. The number of thioether (sulfide) groups is 1. The number of hydrogen-bond donors (Lipinski definition) is 1. The van der Waals surface area contributed by atoms with Crippen LogP contribution in [0, 0.1) is 0 Å². The van der Waals surface area contributed by atoms with Gasteiger partial charge in [0.2, 0.25) is 5.91 Å². The minimum atomic E-state index is -0.190. The molecule has 166 valence electrons. The van der Waals surface area contributed by atoms with Gasteiger partial charge in [-0.2, -0.15) is 0 Å². The third kappa shape index (κ3) is 4.26.